The highest BCUT2D eigenvalue weighted by atomic mass is 79.9. The van der Waals surface area contributed by atoms with Crippen LogP contribution in [0.5, 0.6) is 0 Å². The SMILES string of the molecule is Cc1cc(Br)c(N2CCCC2)c(Br)c1C. The lowest BCUT2D eigenvalue weighted by Crippen LogP contribution is -2.19. The Balaban J connectivity index is 2.50. The highest BCUT2D eigenvalue weighted by Crippen LogP contribution is 2.39. The third kappa shape index (κ3) is 2.09. The fourth-order valence-electron chi connectivity index (χ4n) is 2.05. The van der Waals surface area contributed by atoms with Crippen molar-refractivity contribution in [3.63, 3.8) is 0 Å². The van der Waals surface area contributed by atoms with Gasteiger partial charge >= 0.3 is 0 Å². The second-order valence-electron chi connectivity index (χ2n) is 4.16. The molecule has 15 heavy (non-hydrogen) atoms. The van der Waals surface area contributed by atoms with Gasteiger partial charge in [-0.25, -0.2) is 0 Å². The Morgan fingerprint density at radius 3 is 2.33 bits per heavy atom. The molecule has 0 radical (unpaired) electrons. The quantitative estimate of drug-likeness (QED) is 0.735. The van der Waals surface area contributed by atoms with E-state index in [0.717, 1.165) is 0 Å². The average Bonchev–Trinajstić information content (AvgIpc) is 2.68. The molecule has 0 spiro atoms. The molecule has 1 aromatic rings. The first-order valence-electron chi connectivity index (χ1n) is 5.31. The van der Waals surface area contributed by atoms with Crippen LogP contribution in [-0.2, 0) is 0 Å². The van der Waals surface area contributed by atoms with Crippen LogP contribution in [0.15, 0.2) is 15.0 Å². The summed E-state index contributed by atoms with van der Waals surface area (Å²) in [6.07, 6.45) is 2.62. The summed E-state index contributed by atoms with van der Waals surface area (Å²) >= 11 is 7.39. The van der Waals surface area contributed by atoms with E-state index in [2.05, 4.69) is 56.7 Å². The van der Waals surface area contributed by atoms with Crippen molar-refractivity contribution in [2.24, 2.45) is 0 Å². The van der Waals surface area contributed by atoms with Crippen molar-refractivity contribution in [1.82, 2.24) is 0 Å². The molecule has 0 amide bonds. The van der Waals surface area contributed by atoms with Crippen molar-refractivity contribution in [3.05, 3.63) is 26.1 Å². The van der Waals surface area contributed by atoms with Crippen molar-refractivity contribution in [2.75, 3.05) is 18.0 Å². The van der Waals surface area contributed by atoms with Crippen LogP contribution in [0.4, 0.5) is 5.69 Å². The number of hydrogen-bond donors (Lipinski definition) is 0. The van der Waals surface area contributed by atoms with Gasteiger partial charge in [-0.3, -0.25) is 0 Å². The van der Waals surface area contributed by atoms with E-state index in [9.17, 15) is 0 Å². The van der Waals surface area contributed by atoms with E-state index >= 15 is 0 Å². The molecule has 2 rings (SSSR count). The zero-order valence-corrected chi connectivity index (χ0v) is 12.3. The molecular weight excluding hydrogens is 318 g/mol. The van der Waals surface area contributed by atoms with E-state index in [-0.39, 0.29) is 0 Å². The molecule has 0 atom stereocenters. The van der Waals surface area contributed by atoms with Crippen LogP contribution in [0.25, 0.3) is 0 Å². The molecule has 1 aromatic carbocycles. The highest BCUT2D eigenvalue weighted by Gasteiger charge is 2.19. The number of halogens is 2. The van der Waals surface area contributed by atoms with Crippen LogP contribution in [0, 0.1) is 13.8 Å². The Morgan fingerprint density at radius 2 is 1.73 bits per heavy atom. The highest BCUT2D eigenvalue weighted by molar-refractivity contribution is 9.11. The number of hydrogen-bond acceptors (Lipinski definition) is 1. The summed E-state index contributed by atoms with van der Waals surface area (Å²) < 4.78 is 2.45. The molecule has 0 bridgehead atoms. The Hall–Kier alpha value is -0.0200. The third-order valence-corrected chi connectivity index (χ3v) is 4.70. The molecule has 1 aliphatic rings. The number of rotatable bonds is 1. The Labute approximate surface area is 108 Å². The molecule has 1 aliphatic heterocycles. The largest absolute Gasteiger partial charge is 0.370 e. The zero-order valence-electron chi connectivity index (χ0n) is 9.11. The minimum absolute atomic E-state index is 1.18. The van der Waals surface area contributed by atoms with Gasteiger partial charge in [-0.2, -0.15) is 0 Å². The monoisotopic (exact) mass is 331 g/mol. The smallest absolute Gasteiger partial charge is 0.0657 e. The molecule has 0 aliphatic carbocycles. The van der Waals surface area contributed by atoms with Gasteiger partial charge in [0.25, 0.3) is 0 Å². The number of aryl methyl sites for hydroxylation is 1. The minimum Gasteiger partial charge on any atom is -0.370 e. The fraction of sp³-hybridized carbons (Fsp3) is 0.500. The lowest BCUT2D eigenvalue weighted by Gasteiger charge is -2.23. The molecule has 0 aromatic heterocycles. The standard InChI is InChI=1S/C12H15Br2N/c1-8-7-10(13)12(11(14)9(8)2)15-5-3-4-6-15/h7H,3-6H2,1-2H3. The van der Waals surface area contributed by atoms with Crippen molar-refractivity contribution in [3.8, 4) is 0 Å². The first kappa shape index (κ1) is 11.5. The first-order chi connectivity index (χ1) is 7.11. The Morgan fingerprint density at radius 1 is 1.13 bits per heavy atom. The van der Waals surface area contributed by atoms with E-state index in [0.29, 0.717) is 0 Å². The molecular formula is C12H15Br2N. The van der Waals surface area contributed by atoms with Crippen molar-refractivity contribution >= 4 is 37.5 Å². The van der Waals surface area contributed by atoms with Crippen molar-refractivity contribution in [2.45, 2.75) is 26.7 Å². The third-order valence-electron chi connectivity index (χ3n) is 3.12. The van der Waals surface area contributed by atoms with Gasteiger partial charge in [-0.1, -0.05) is 0 Å². The lowest BCUT2D eigenvalue weighted by molar-refractivity contribution is 0.949. The van der Waals surface area contributed by atoms with Gasteiger partial charge in [-0.15, -0.1) is 0 Å². The maximum absolute atomic E-state index is 3.72. The molecule has 82 valence electrons. The van der Waals surface area contributed by atoms with Gasteiger partial charge in [0.05, 0.1) is 5.69 Å². The normalized spacial score (nSPS) is 16.1. The summed E-state index contributed by atoms with van der Waals surface area (Å²) in [6, 6.07) is 2.22. The predicted octanol–water partition coefficient (Wildman–Crippen LogP) is 4.43. The van der Waals surface area contributed by atoms with E-state index in [1.807, 2.05) is 0 Å². The summed E-state index contributed by atoms with van der Waals surface area (Å²) in [4.78, 5) is 2.46. The number of benzene rings is 1. The van der Waals surface area contributed by atoms with Crippen LogP contribution in [0.2, 0.25) is 0 Å². The Bertz CT molecular complexity index is 382. The fourth-order valence-corrected chi connectivity index (χ4v) is 3.89. The predicted molar refractivity (Wildman–Crippen MR) is 72.8 cm³/mol. The maximum atomic E-state index is 3.72. The van der Waals surface area contributed by atoms with Crippen LogP contribution < -0.4 is 4.90 Å². The summed E-state index contributed by atoms with van der Waals surface area (Å²) in [5.74, 6) is 0. The first-order valence-corrected chi connectivity index (χ1v) is 6.90. The van der Waals surface area contributed by atoms with Gasteiger partial charge in [0.2, 0.25) is 0 Å². The molecule has 1 nitrogen and oxygen atoms in total. The Kier molecular flexibility index (Phi) is 3.41. The average molecular weight is 333 g/mol. The van der Waals surface area contributed by atoms with E-state index in [4.69, 9.17) is 0 Å². The summed E-state index contributed by atoms with van der Waals surface area (Å²) in [6.45, 7) is 6.68. The summed E-state index contributed by atoms with van der Waals surface area (Å²) in [5, 5.41) is 0. The van der Waals surface area contributed by atoms with Crippen LogP contribution in [-0.4, -0.2) is 13.1 Å². The van der Waals surface area contributed by atoms with Gasteiger partial charge < -0.3 is 4.90 Å². The molecule has 3 heteroatoms. The van der Waals surface area contributed by atoms with Gasteiger partial charge in [-0.05, 0) is 75.7 Å². The van der Waals surface area contributed by atoms with Crippen LogP contribution >= 0.6 is 31.9 Å². The minimum atomic E-state index is 1.18. The van der Waals surface area contributed by atoms with Crippen LogP contribution in [0.1, 0.15) is 24.0 Å². The van der Waals surface area contributed by atoms with E-state index in [1.165, 1.54) is 51.7 Å². The summed E-state index contributed by atoms with van der Waals surface area (Å²) in [7, 11) is 0. The van der Waals surface area contributed by atoms with E-state index in [1.54, 1.807) is 0 Å². The van der Waals surface area contributed by atoms with Gasteiger partial charge in [0.15, 0.2) is 0 Å². The maximum Gasteiger partial charge on any atom is 0.0657 e. The van der Waals surface area contributed by atoms with Gasteiger partial charge in [0, 0.05) is 22.0 Å². The lowest BCUT2D eigenvalue weighted by atomic mass is 10.1. The van der Waals surface area contributed by atoms with Gasteiger partial charge in [0.1, 0.15) is 0 Å². The molecule has 0 saturated carbocycles. The second kappa shape index (κ2) is 4.46. The van der Waals surface area contributed by atoms with Crippen LogP contribution in [0.3, 0.4) is 0 Å². The van der Waals surface area contributed by atoms with Crippen molar-refractivity contribution in [1.29, 1.82) is 0 Å². The topological polar surface area (TPSA) is 3.24 Å². The summed E-state index contributed by atoms with van der Waals surface area (Å²) in [5.41, 5.74) is 4.01. The number of anilines is 1. The molecule has 1 fully saturated rings. The second-order valence-corrected chi connectivity index (χ2v) is 5.80. The van der Waals surface area contributed by atoms with Crippen molar-refractivity contribution < 1.29 is 0 Å². The molecule has 1 heterocycles. The zero-order chi connectivity index (χ0) is 11.0. The molecule has 0 N–H and O–H groups in total. The van der Waals surface area contributed by atoms with E-state index < -0.39 is 0 Å². The molecule has 1 saturated heterocycles. The number of nitrogens with zero attached hydrogens (tertiary/aromatic N) is 1. The molecule has 0 unspecified atom stereocenters.